The summed E-state index contributed by atoms with van der Waals surface area (Å²) in [7, 11) is 5.04. The summed E-state index contributed by atoms with van der Waals surface area (Å²) in [6.45, 7) is 5.67. The number of hydrogen-bond donors (Lipinski definition) is 1. The Morgan fingerprint density at radius 2 is 2.22 bits per heavy atom. The van der Waals surface area contributed by atoms with E-state index in [1.54, 1.807) is 0 Å². The van der Waals surface area contributed by atoms with Crippen molar-refractivity contribution in [3.63, 3.8) is 0 Å². The summed E-state index contributed by atoms with van der Waals surface area (Å²) in [6, 6.07) is 0. The molecule has 0 saturated heterocycles. The zero-order valence-electron chi connectivity index (χ0n) is 6.18. The Balaban J connectivity index is 2.75. The number of ether oxygens (including phenoxy) is 1. The van der Waals surface area contributed by atoms with Crippen LogP contribution < -0.4 is 5.32 Å². The molecule has 1 N–H and O–H groups in total. The molecular weight excluding hydrogens is 114 g/mol. The minimum Gasteiger partial charge on any atom is -0.379 e. The second-order valence-corrected chi connectivity index (χ2v) is 2.23. The maximum atomic E-state index is 5.25. The van der Waals surface area contributed by atoms with Gasteiger partial charge in [-0.1, -0.05) is 0 Å². The van der Waals surface area contributed by atoms with Crippen LogP contribution in [0.25, 0.3) is 0 Å². The second kappa shape index (κ2) is 6.05. The smallest absolute Gasteiger partial charge is 0.0518 e. The Hall–Kier alpha value is -0.0800. The molecule has 0 atom stereocenters. The molecule has 0 aromatic heterocycles. The average Bonchev–Trinajstić information content (AvgIpc) is 1.80. The highest BCUT2D eigenvalue weighted by Crippen LogP contribution is 1.88. The van der Waals surface area contributed by atoms with Gasteiger partial charge < -0.3 is 10.1 Å². The highest BCUT2D eigenvalue weighted by molar-refractivity contribution is 4.43. The van der Waals surface area contributed by atoms with Gasteiger partial charge in [-0.25, -0.2) is 0 Å². The van der Waals surface area contributed by atoms with E-state index in [9.17, 15) is 0 Å². The van der Waals surface area contributed by atoms with Gasteiger partial charge in [-0.05, 0) is 26.8 Å². The third kappa shape index (κ3) is 7.92. The van der Waals surface area contributed by atoms with Crippen molar-refractivity contribution in [2.75, 3.05) is 13.2 Å². The lowest BCUT2D eigenvalue weighted by molar-refractivity contribution is 0.0775. The van der Waals surface area contributed by atoms with E-state index in [0.717, 1.165) is 19.6 Å². The van der Waals surface area contributed by atoms with Crippen LogP contribution >= 0.6 is 0 Å². The molecule has 0 heterocycles. The van der Waals surface area contributed by atoms with Crippen molar-refractivity contribution in [3.8, 4) is 0 Å². The first kappa shape index (κ1) is 8.92. The third-order valence-electron chi connectivity index (χ3n) is 0.917. The van der Waals surface area contributed by atoms with Gasteiger partial charge in [-0.3, -0.25) is 0 Å². The van der Waals surface area contributed by atoms with Crippen LogP contribution in [0.5, 0.6) is 0 Å². The normalized spacial score (nSPS) is 10.7. The Morgan fingerprint density at radius 3 is 2.67 bits per heavy atom. The monoisotopic (exact) mass is 129 g/mol. The predicted octanol–water partition coefficient (Wildman–Crippen LogP) is 1.06. The molecule has 0 aromatic carbocycles. The van der Waals surface area contributed by atoms with Crippen molar-refractivity contribution in [2.45, 2.75) is 26.4 Å². The van der Waals surface area contributed by atoms with Crippen molar-refractivity contribution in [3.05, 3.63) is 7.05 Å². The van der Waals surface area contributed by atoms with E-state index >= 15 is 0 Å². The Morgan fingerprint density at radius 1 is 1.56 bits per heavy atom. The first-order chi connectivity index (χ1) is 4.27. The summed E-state index contributed by atoms with van der Waals surface area (Å²) >= 11 is 0. The molecule has 0 aliphatic rings. The molecule has 54 valence electrons. The summed E-state index contributed by atoms with van der Waals surface area (Å²) in [5, 5.41) is 2.56. The van der Waals surface area contributed by atoms with E-state index in [2.05, 4.69) is 5.32 Å². The van der Waals surface area contributed by atoms with E-state index < -0.39 is 0 Å². The molecule has 0 aromatic rings. The quantitative estimate of drug-likeness (QED) is 0.442. The molecule has 0 unspecified atom stereocenters. The Labute approximate surface area is 57.6 Å². The van der Waals surface area contributed by atoms with Crippen molar-refractivity contribution in [1.82, 2.24) is 5.32 Å². The minimum atomic E-state index is 0.336. The predicted molar refractivity (Wildman–Crippen MR) is 38.0 cm³/mol. The standard InChI is InChI=1S/C7H15NO/c1-7(2)9-6-4-5-8-3/h3,7-8H,4-6H2,1-2H3. The van der Waals surface area contributed by atoms with Crippen molar-refractivity contribution < 1.29 is 4.74 Å². The Kier molecular flexibility index (Phi) is 5.99. The third-order valence-corrected chi connectivity index (χ3v) is 0.917. The maximum Gasteiger partial charge on any atom is 0.0518 e. The van der Waals surface area contributed by atoms with E-state index in [-0.39, 0.29) is 0 Å². The topological polar surface area (TPSA) is 21.3 Å². The molecule has 0 spiro atoms. The van der Waals surface area contributed by atoms with Crippen molar-refractivity contribution in [1.29, 1.82) is 0 Å². The summed E-state index contributed by atoms with van der Waals surface area (Å²) < 4.78 is 5.25. The van der Waals surface area contributed by atoms with Gasteiger partial charge >= 0.3 is 0 Å². The molecular formula is C7H15NO. The van der Waals surface area contributed by atoms with Gasteiger partial charge in [-0.15, -0.1) is 0 Å². The lowest BCUT2D eigenvalue weighted by Gasteiger charge is -2.05. The Bertz CT molecular complexity index is 54.9. The van der Waals surface area contributed by atoms with Crippen LogP contribution in [0.3, 0.4) is 0 Å². The highest BCUT2D eigenvalue weighted by Gasteiger charge is 1.90. The molecule has 0 saturated carbocycles. The summed E-state index contributed by atoms with van der Waals surface area (Å²) in [6.07, 6.45) is 1.32. The van der Waals surface area contributed by atoms with Crippen molar-refractivity contribution in [2.24, 2.45) is 0 Å². The largest absolute Gasteiger partial charge is 0.379 e. The van der Waals surface area contributed by atoms with Crippen LogP contribution in [0.15, 0.2) is 0 Å². The zero-order valence-corrected chi connectivity index (χ0v) is 6.18. The summed E-state index contributed by atoms with van der Waals surface area (Å²) in [5.41, 5.74) is 0. The van der Waals surface area contributed by atoms with Gasteiger partial charge in [0.25, 0.3) is 0 Å². The van der Waals surface area contributed by atoms with Crippen LogP contribution in [0.1, 0.15) is 20.3 Å². The van der Waals surface area contributed by atoms with Crippen LogP contribution in [0.4, 0.5) is 0 Å². The number of rotatable bonds is 5. The molecule has 2 radical (unpaired) electrons. The fraction of sp³-hybridized carbons (Fsp3) is 0.857. The van der Waals surface area contributed by atoms with Gasteiger partial charge in [0, 0.05) is 13.7 Å². The molecule has 0 bridgehead atoms. The lowest BCUT2D eigenvalue weighted by atomic mass is 10.4. The fourth-order valence-electron chi connectivity index (χ4n) is 0.493. The molecule has 2 nitrogen and oxygen atoms in total. The molecule has 9 heavy (non-hydrogen) atoms. The summed E-state index contributed by atoms with van der Waals surface area (Å²) in [4.78, 5) is 0. The fourth-order valence-corrected chi connectivity index (χ4v) is 0.493. The first-order valence-corrected chi connectivity index (χ1v) is 3.32. The first-order valence-electron chi connectivity index (χ1n) is 3.32. The second-order valence-electron chi connectivity index (χ2n) is 2.23. The molecule has 0 aliphatic heterocycles. The molecule has 0 amide bonds. The molecule has 0 rings (SSSR count). The van der Waals surface area contributed by atoms with E-state index in [0.29, 0.717) is 6.10 Å². The zero-order chi connectivity index (χ0) is 7.11. The van der Waals surface area contributed by atoms with Gasteiger partial charge in [-0.2, -0.15) is 0 Å². The maximum absolute atomic E-state index is 5.25. The number of hydrogen-bond acceptors (Lipinski definition) is 2. The van der Waals surface area contributed by atoms with Gasteiger partial charge in [0.1, 0.15) is 0 Å². The SMILES string of the molecule is [CH]NCCCOC(C)C. The number of nitrogens with one attached hydrogen (secondary N) is 1. The molecule has 2 heteroatoms. The lowest BCUT2D eigenvalue weighted by Crippen LogP contribution is -2.10. The van der Waals surface area contributed by atoms with E-state index in [4.69, 9.17) is 11.8 Å². The van der Waals surface area contributed by atoms with Gasteiger partial charge in [0.15, 0.2) is 0 Å². The van der Waals surface area contributed by atoms with Crippen LogP contribution in [0, 0.1) is 7.05 Å². The van der Waals surface area contributed by atoms with Crippen LogP contribution in [-0.2, 0) is 4.74 Å². The van der Waals surface area contributed by atoms with Crippen LogP contribution in [-0.4, -0.2) is 19.3 Å². The van der Waals surface area contributed by atoms with Gasteiger partial charge in [0.05, 0.1) is 6.10 Å². The molecule has 0 aliphatic carbocycles. The average molecular weight is 129 g/mol. The van der Waals surface area contributed by atoms with Crippen LogP contribution in [0.2, 0.25) is 0 Å². The van der Waals surface area contributed by atoms with E-state index in [1.165, 1.54) is 0 Å². The minimum absolute atomic E-state index is 0.336. The van der Waals surface area contributed by atoms with Crippen molar-refractivity contribution >= 4 is 0 Å². The summed E-state index contributed by atoms with van der Waals surface area (Å²) in [5.74, 6) is 0. The molecule has 0 fully saturated rings. The van der Waals surface area contributed by atoms with E-state index in [1.807, 2.05) is 13.8 Å². The highest BCUT2D eigenvalue weighted by atomic mass is 16.5. The van der Waals surface area contributed by atoms with Gasteiger partial charge in [0.2, 0.25) is 0 Å².